The predicted octanol–water partition coefficient (Wildman–Crippen LogP) is 3.86. The number of rotatable bonds is 6. The first kappa shape index (κ1) is 20.8. The predicted molar refractivity (Wildman–Crippen MR) is 108 cm³/mol. The Morgan fingerprint density at radius 2 is 1.87 bits per heavy atom. The molecule has 1 atom stereocenters. The van der Waals surface area contributed by atoms with E-state index in [1.54, 1.807) is 12.1 Å². The van der Waals surface area contributed by atoms with Gasteiger partial charge in [-0.05, 0) is 61.1 Å². The molecule has 10 heteroatoms. The van der Waals surface area contributed by atoms with Gasteiger partial charge in [-0.25, -0.2) is 4.98 Å². The zero-order valence-corrected chi connectivity index (χ0v) is 16.9. The number of H-pyrrole nitrogens is 1. The number of nitrogens with zero attached hydrogens (tertiary/aromatic N) is 2. The summed E-state index contributed by atoms with van der Waals surface area (Å²) >= 11 is -0.169. The van der Waals surface area contributed by atoms with Gasteiger partial charge in [0.05, 0.1) is 6.04 Å². The maximum atomic E-state index is 12.8. The summed E-state index contributed by atoms with van der Waals surface area (Å²) in [5, 5.41) is 2.92. The SMILES string of the molecule is O=C(N[C@@H](c1ccc(SC(F)(F)F)cc1)C1CC1)c1cc(=O)[nH]c(N2CCCC2)n1. The third-order valence-corrected chi connectivity index (χ3v) is 5.96. The standard InChI is InChI=1S/C20H21F3N4O2S/c21-20(22,23)30-14-7-5-13(6-8-14)17(12-3-4-12)26-18(29)15-11-16(28)25-19(24-15)27-9-1-2-10-27/h5-8,11-12,17H,1-4,9-10H2,(H,26,29)(H,24,25,28)/t17-/m1/s1. The van der Waals surface area contributed by atoms with Gasteiger partial charge >= 0.3 is 5.51 Å². The van der Waals surface area contributed by atoms with Gasteiger partial charge in [0.1, 0.15) is 5.69 Å². The van der Waals surface area contributed by atoms with Crippen molar-refractivity contribution in [3.05, 3.63) is 51.9 Å². The van der Waals surface area contributed by atoms with E-state index in [-0.39, 0.29) is 34.3 Å². The van der Waals surface area contributed by atoms with Crippen LogP contribution in [-0.4, -0.2) is 34.5 Å². The Morgan fingerprint density at radius 1 is 1.20 bits per heavy atom. The third-order valence-electron chi connectivity index (χ3n) is 5.22. The van der Waals surface area contributed by atoms with E-state index in [9.17, 15) is 22.8 Å². The van der Waals surface area contributed by atoms with Gasteiger partial charge in [0.15, 0.2) is 0 Å². The lowest BCUT2D eigenvalue weighted by molar-refractivity contribution is -0.0328. The molecule has 0 unspecified atom stereocenters. The molecule has 2 heterocycles. The van der Waals surface area contributed by atoms with Crippen molar-refractivity contribution < 1.29 is 18.0 Å². The number of carbonyl (C=O) groups excluding carboxylic acids is 1. The number of amides is 1. The molecular formula is C20H21F3N4O2S. The number of thioether (sulfide) groups is 1. The van der Waals surface area contributed by atoms with Gasteiger partial charge < -0.3 is 10.2 Å². The van der Waals surface area contributed by atoms with Crippen molar-refractivity contribution in [3.8, 4) is 0 Å². The Bertz CT molecular complexity index is 967. The fraction of sp³-hybridized carbons (Fsp3) is 0.450. The van der Waals surface area contributed by atoms with E-state index >= 15 is 0 Å². The lowest BCUT2D eigenvalue weighted by atomic mass is 10.0. The molecule has 1 aliphatic heterocycles. The molecule has 2 aromatic rings. The van der Waals surface area contributed by atoms with Crippen LogP contribution in [0.2, 0.25) is 0 Å². The van der Waals surface area contributed by atoms with E-state index < -0.39 is 17.0 Å². The number of nitrogens with one attached hydrogen (secondary N) is 2. The number of hydrogen-bond acceptors (Lipinski definition) is 5. The molecule has 2 N–H and O–H groups in total. The molecule has 1 saturated carbocycles. The maximum absolute atomic E-state index is 12.8. The summed E-state index contributed by atoms with van der Waals surface area (Å²) in [6.45, 7) is 1.56. The fourth-order valence-electron chi connectivity index (χ4n) is 3.63. The summed E-state index contributed by atoms with van der Waals surface area (Å²) in [6, 6.07) is 6.87. The van der Waals surface area contributed by atoms with E-state index in [2.05, 4.69) is 15.3 Å². The van der Waals surface area contributed by atoms with Crippen LogP contribution in [-0.2, 0) is 0 Å². The van der Waals surface area contributed by atoms with Crippen molar-refractivity contribution in [2.24, 2.45) is 5.92 Å². The molecule has 1 saturated heterocycles. The third kappa shape index (κ3) is 5.16. The lowest BCUT2D eigenvalue weighted by Crippen LogP contribution is -2.33. The minimum absolute atomic E-state index is 0.0375. The Balaban J connectivity index is 1.51. The molecule has 0 spiro atoms. The summed E-state index contributed by atoms with van der Waals surface area (Å²) in [5.41, 5.74) is -3.96. The van der Waals surface area contributed by atoms with Gasteiger partial charge in [-0.3, -0.25) is 14.6 Å². The van der Waals surface area contributed by atoms with Crippen LogP contribution in [0.4, 0.5) is 19.1 Å². The molecule has 1 aromatic carbocycles. The van der Waals surface area contributed by atoms with Crippen molar-refractivity contribution >= 4 is 23.6 Å². The second-order valence-corrected chi connectivity index (χ2v) is 8.69. The average Bonchev–Trinajstić information content (AvgIpc) is 3.37. The minimum Gasteiger partial charge on any atom is -0.344 e. The smallest absolute Gasteiger partial charge is 0.344 e. The Labute approximate surface area is 175 Å². The van der Waals surface area contributed by atoms with Crippen LogP contribution in [0.5, 0.6) is 0 Å². The number of halogens is 3. The molecule has 1 aliphatic carbocycles. The van der Waals surface area contributed by atoms with E-state index in [4.69, 9.17) is 0 Å². The number of aromatic amines is 1. The lowest BCUT2D eigenvalue weighted by Gasteiger charge is -2.20. The highest BCUT2D eigenvalue weighted by atomic mass is 32.2. The van der Waals surface area contributed by atoms with Gasteiger partial charge in [-0.2, -0.15) is 13.2 Å². The van der Waals surface area contributed by atoms with Crippen LogP contribution < -0.4 is 15.8 Å². The summed E-state index contributed by atoms with van der Waals surface area (Å²) in [6.07, 6.45) is 3.86. The maximum Gasteiger partial charge on any atom is 0.446 e. The number of anilines is 1. The molecule has 2 aliphatic rings. The van der Waals surface area contributed by atoms with Crippen LogP contribution in [0.25, 0.3) is 0 Å². The molecule has 1 aromatic heterocycles. The van der Waals surface area contributed by atoms with Crippen molar-refractivity contribution in [2.45, 2.75) is 42.1 Å². The van der Waals surface area contributed by atoms with Gasteiger partial charge in [0.2, 0.25) is 5.95 Å². The topological polar surface area (TPSA) is 78.1 Å². The second kappa shape index (κ2) is 8.33. The molecule has 6 nitrogen and oxygen atoms in total. The monoisotopic (exact) mass is 438 g/mol. The van der Waals surface area contributed by atoms with Gasteiger partial charge in [0, 0.05) is 24.1 Å². The molecule has 30 heavy (non-hydrogen) atoms. The van der Waals surface area contributed by atoms with Gasteiger partial charge in [-0.15, -0.1) is 0 Å². The first-order valence-electron chi connectivity index (χ1n) is 9.81. The molecule has 2 fully saturated rings. The highest BCUT2D eigenvalue weighted by molar-refractivity contribution is 8.00. The number of hydrogen-bond donors (Lipinski definition) is 2. The van der Waals surface area contributed by atoms with Crippen molar-refractivity contribution in [2.75, 3.05) is 18.0 Å². The van der Waals surface area contributed by atoms with Crippen LogP contribution in [0, 0.1) is 5.92 Å². The highest BCUT2D eigenvalue weighted by Gasteiger charge is 2.34. The molecular weight excluding hydrogens is 417 g/mol. The van der Waals surface area contributed by atoms with Crippen LogP contribution >= 0.6 is 11.8 Å². The quantitative estimate of drug-likeness (QED) is 0.670. The molecule has 0 radical (unpaired) electrons. The second-order valence-electron chi connectivity index (χ2n) is 7.55. The summed E-state index contributed by atoms with van der Waals surface area (Å²) in [4.78, 5) is 33.9. The molecule has 4 rings (SSSR count). The molecule has 160 valence electrons. The highest BCUT2D eigenvalue weighted by Crippen LogP contribution is 2.42. The average molecular weight is 438 g/mol. The molecule has 0 bridgehead atoms. The van der Waals surface area contributed by atoms with Crippen LogP contribution in [0.1, 0.15) is 47.8 Å². The Kier molecular flexibility index (Phi) is 5.77. The van der Waals surface area contributed by atoms with E-state index in [0.717, 1.165) is 44.3 Å². The van der Waals surface area contributed by atoms with E-state index in [0.29, 0.717) is 5.95 Å². The number of carbonyl (C=O) groups is 1. The van der Waals surface area contributed by atoms with Crippen molar-refractivity contribution in [1.82, 2.24) is 15.3 Å². The molecule has 1 amide bonds. The summed E-state index contributed by atoms with van der Waals surface area (Å²) in [5.74, 6) is 0.143. The van der Waals surface area contributed by atoms with Crippen LogP contribution in [0.15, 0.2) is 40.0 Å². The van der Waals surface area contributed by atoms with Gasteiger partial charge in [0.25, 0.3) is 11.5 Å². The zero-order chi connectivity index (χ0) is 21.3. The Hall–Kier alpha value is -2.49. The van der Waals surface area contributed by atoms with E-state index in [1.165, 1.54) is 18.2 Å². The normalized spacial score (nSPS) is 17.8. The largest absolute Gasteiger partial charge is 0.446 e. The fourth-order valence-corrected chi connectivity index (χ4v) is 4.17. The zero-order valence-electron chi connectivity index (χ0n) is 16.0. The van der Waals surface area contributed by atoms with E-state index in [1.807, 2.05) is 4.90 Å². The first-order valence-corrected chi connectivity index (χ1v) is 10.6. The van der Waals surface area contributed by atoms with Crippen LogP contribution in [0.3, 0.4) is 0 Å². The summed E-state index contributed by atoms with van der Waals surface area (Å²) < 4.78 is 37.6. The van der Waals surface area contributed by atoms with Crippen molar-refractivity contribution in [1.29, 1.82) is 0 Å². The minimum atomic E-state index is -4.34. The van der Waals surface area contributed by atoms with Gasteiger partial charge in [-0.1, -0.05) is 12.1 Å². The first-order chi connectivity index (χ1) is 14.3. The summed E-state index contributed by atoms with van der Waals surface area (Å²) in [7, 11) is 0. The number of benzene rings is 1. The number of aromatic nitrogens is 2. The Morgan fingerprint density at radius 3 is 2.47 bits per heavy atom. The van der Waals surface area contributed by atoms with Crippen molar-refractivity contribution in [3.63, 3.8) is 0 Å². The number of alkyl halides is 3.